The fraction of sp³-hybridized carbons (Fsp3) is 0.571. The van der Waals surface area contributed by atoms with Gasteiger partial charge in [-0.15, -0.1) is 0 Å². The Bertz CT molecular complexity index is 473. The second kappa shape index (κ2) is 4.49. The molecule has 0 saturated carbocycles. The summed E-state index contributed by atoms with van der Waals surface area (Å²) in [6.45, 7) is 5.33. The Morgan fingerprint density at radius 2 is 1.89 bits per heavy atom. The quantitative estimate of drug-likeness (QED) is 0.842. The van der Waals surface area contributed by atoms with Crippen LogP contribution in [0.2, 0.25) is 0 Å². The fourth-order valence-corrected chi connectivity index (χ4v) is 4.00. The van der Waals surface area contributed by atoms with Crippen molar-refractivity contribution in [2.75, 3.05) is 11.5 Å². The van der Waals surface area contributed by atoms with Gasteiger partial charge >= 0.3 is 0 Å². The van der Waals surface area contributed by atoms with Crippen LogP contribution in [-0.2, 0) is 5.60 Å². The molecule has 1 atom stereocenters. The van der Waals surface area contributed by atoms with Crippen molar-refractivity contribution in [2.45, 2.75) is 32.8 Å². The van der Waals surface area contributed by atoms with E-state index in [0.717, 1.165) is 12.2 Å². The van der Waals surface area contributed by atoms with Crippen LogP contribution < -0.4 is 0 Å². The second-order valence-electron chi connectivity index (χ2n) is 5.60. The van der Waals surface area contributed by atoms with Crippen LogP contribution in [0.15, 0.2) is 12.1 Å². The van der Waals surface area contributed by atoms with Crippen molar-refractivity contribution in [3.8, 4) is 0 Å². The van der Waals surface area contributed by atoms with Gasteiger partial charge in [-0.3, -0.25) is 0 Å². The summed E-state index contributed by atoms with van der Waals surface area (Å²) in [7, 11) is 0. The molecule has 1 heterocycles. The first-order valence-corrected chi connectivity index (χ1v) is 7.20. The summed E-state index contributed by atoms with van der Waals surface area (Å²) in [6, 6.07) is 3.04. The third kappa shape index (κ3) is 1.95. The van der Waals surface area contributed by atoms with E-state index >= 15 is 0 Å². The molecule has 1 aromatic carbocycles. The molecular formula is C14H18F2OS. The van der Waals surface area contributed by atoms with Gasteiger partial charge in [0.1, 0.15) is 5.60 Å². The Kier molecular flexibility index (Phi) is 3.45. The van der Waals surface area contributed by atoms with E-state index in [2.05, 4.69) is 0 Å². The molecule has 0 spiro atoms. The van der Waals surface area contributed by atoms with Gasteiger partial charge in [0.2, 0.25) is 0 Å². The van der Waals surface area contributed by atoms with Crippen molar-refractivity contribution in [1.29, 1.82) is 0 Å². The molecule has 1 saturated heterocycles. The summed E-state index contributed by atoms with van der Waals surface area (Å²) in [5, 5.41) is 10.8. The van der Waals surface area contributed by atoms with E-state index in [1.165, 1.54) is 19.1 Å². The van der Waals surface area contributed by atoms with Gasteiger partial charge in [-0.25, -0.2) is 8.78 Å². The molecule has 18 heavy (non-hydrogen) atoms. The number of aliphatic hydroxyl groups is 1. The zero-order chi connectivity index (χ0) is 13.6. The van der Waals surface area contributed by atoms with Gasteiger partial charge in [0, 0.05) is 11.3 Å². The van der Waals surface area contributed by atoms with Gasteiger partial charge in [0.15, 0.2) is 11.6 Å². The van der Waals surface area contributed by atoms with Crippen molar-refractivity contribution in [1.82, 2.24) is 0 Å². The molecule has 1 aliphatic rings. The molecular weight excluding hydrogens is 254 g/mol. The molecule has 0 bridgehead atoms. The second-order valence-corrected chi connectivity index (χ2v) is 6.71. The average Bonchev–Trinajstić information content (AvgIpc) is 2.30. The largest absolute Gasteiger partial charge is 0.384 e. The Morgan fingerprint density at radius 3 is 2.50 bits per heavy atom. The highest BCUT2D eigenvalue weighted by atomic mass is 32.2. The number of halogens is 2. The zero-order valence-corrected chi connectivity index (χ0v) is 11.7. The van der Waals surface area contributed by atoms with E-state index < -0.39 is 22.7 Å². The summed E-state index contributed by atoms with van der Waals surface area (Å²) >= 11 is 1.58. The molecule has 1 N–H and O–H groups in total. The summed E-state index contributed by atoms with van der Waals surface area (Å²) in [4.78, 5) is 0. The maximum atomic E-state index is 14.1. The number of benzene rings is 1. The van der Waals surface area contributed by atoms with Crippen LogP contribution in [0.1, 0.15) is 31.4 Å². The highest BCUT2D eigenvalue weighted by Crippen LogP contribution is 2.49. The van der Waals surface area contributed by atoms with Crippen molar-refractivity contribution in [3.63, 3.8) is 0 Å². The normalized spacial score (nSPS) is 27.2. The Labute approximate surface area is 111 Å². The van der Waals surface area contributed by atoms with Gasteiger partial charge in [-0.1, -0.05) is 26.0 Å². The Hall–Kier alpha value is -0.610. The van der Waals surface area contributed by atoms with Gasteiger partial charge in [-0.2, -0.15) is 11.8 Å². The number of thioether (sulfide) groups is 1. The summed E-state index contributed by atoms with van der Waals surface area (Å²) in [6.07, 6.45) is 0.781. The third-order valence-corrected chi connectivity index (χ3v) is 5.14. The molecule has 1 fully saturated rings. The summed E-state index contributed by atoms with van der Waals surface area (Å²) in [5.74, 6) is -0.426. The average molecular weight is 272 g/mol. The lowest BCUT2D eigenvalue weighted by molar-refractivity contribution is -0.0608. The lowest BCUT2D eigenvalue weighted by Crippen LogP contribution is -2.48. The van der Waals surface area contributed by atoms with Crippen LogP contribution in [0.5, 0.6) is 0 Å². The maximum absolute atomic E-state index is 14.1. The lowest BCUT2D eigenvalue weighted by Gasteiger charge is -2.46. The van der Waals surface area contributed by atoms with Gasteiger partial charge in [-0.05, 0) is 30.1 Å². The lowest BCUT2D eigenvalue weighted by atomic mass is 9.69. The van der Waals surface area contributed by atoms with E-state index in [0.29, 0.717) is 5.75 Å². The van der Waals surface area contributed by atoms with Crippen LogP contribution in [0.4, 0.5) is 8.78 Å². The van der Waals surface area contributed by atoms with E-state index in [1.54, 1.807) is 11.8 Å². The van der Waals surface area contributed by atoms with E-state index in [1.807, 2.05) is 13.8 Å². The number of hydrogen-bond acceptors (Lipinski definition) is 2. The van der Waals surface area contributed by atoms with Crippen LogP contribution in [0.3, 0.4) is 0 Å². The van der Waals surface area contributed by atoms with E-state index in [4.69, 9.17) is 0 Å². The molecule has 1 aliphatic heterocycles. The van der Waals surface area contributed by atoms with Gasteiger partial charge < -0.3 is 5.11 Å². The Morgan fingerprint density at radius 1 is 1.22 bits per heavy atom. The minimum Gasteiger partial charge on any atom is -0.384 e. The smallest absolute Gasteiger partial charge is 0.165 e. The SMILES string of the molecule is Cc1ccc(C2(O)CSCCC2(C)C)c(F)c1F. The molecule has 100 valence electrons. The first-order chi connectivity index (χ1) is 8.29. The molecule has 1 nitrogen and oxygen atoms in total. The highest BCUT2D eigenvalue weighted by molar-refractivity contribution is 7.99. The number of hydrogen-bond donors (Lipinski definition) is 1. The molecule has 4 heteroatoms. The van der Waals surface area contributed by atoms with Crippen LogP contribution in [0.25, 0.3) is 0 Å². The summed E-state index contributed by atoms with van der Waals surface area (Å²) < 4.78 is 27.8. The minimum absolute atomic E-state index is 0.0859. The third-order valence-electron chi connectivity index (χ3n) is 4.02. The fourth-order valence-electron chi connectivity index (χ4n) is 2.36. The van der Waals surface area contributed by atoms with Gasteiger partial charge in [0.25, 0.3) is 0 Å². The van der Waals surface area contributed by atoms with Crippen molar-refractivity contribution in [3.05, 3.63) is 34.9 Å². The number of aryl methyl sites for hydroxylation is 1. The maximum Gasteiger partial charge on any atom is 0.165 e. The predicted octanol–water partition coefficient (Wildman–Crippen LogP) is 3.62. The predicted molar refractivity (Wildman–Crippen MR) is 70.7 cm³/mol. The first-order valence-electron chi connectivity index (χ1n) is 6.05. The van der Waals surface area contributed by atoms with Crippen LogP contribution >= 0.6 is 11.8 Å². The van der Waals surface area contributed by atoms with E-state index in [9.17, 15) is 13.9 Å². The molecule has 0 radical (unpaired) electrons. The van der Waals surface area contributed by atoms with Crippen molar-refractivity contribution < 1.29 is 13.9 Å². The van der Waals surface area contributed by atoms with Crippen molar-refractivity contribution in [2.24, 2.45) is 5.41 Å². The molecule has 1 unspecified atom stereocenters. The molecule has 0 aliphatic carbocycles. The minimum atomic E-state index is -1.31. The number of rotatable bonds is 1. The van der Waals surface area contributed by atoms with Gasteiger partial charge in [0.05, 0.1) is 0 Å². The van der Waals surface area contributed by atoms with Crippen LogP contribution in [0, 0.1) is 24.0 Å². The first kappa shape index (κ1) is 13.8. The zero-order valence-electron chi connectivity index (χ0n) is 10.9. The molecule has 0 aromatic heterocycles. The summed E-state index contributed by atoms with van der Waals surface area (Å²) in [5.41, 5.74) is -1.42. The molecule has 2 rings (SSSR count). The topological polar surface area (TPSA) is 20.2 Å². The molecule has 1 aromatic rings. The van der Waals surface area contributed by atoms with Crippen LogP contribution in [-0.4, -0.2) is 16.6 Å². The molecule has 0 amide bonds. The monoisotopic (exact) mass is 272 g/mol. The van der Waals surface area contributed by atoms with Crippen molar-refractivity contribution >= 4 is 11.8 Å². The van der Waals surface area contributed by atoms with E-state index in [-0.39, 0.29) is 11.1 Å². The highest BCUT2D eigenvalue weighted by Gasteiger charge is 2.48. The standard InChI is InChI=1S/C14H18F2OS/c1-9-4-5-10(12(16)11(9)15)14(17)8-18-7-6-13(14,2)3/h4-5,17H,6-8H2,1-3H3. The Balaban J connectivity index is 2.56.